The Morgan fingerprint density at radius 2 is 2.14 bits per heavy atom. The Bertz CT molecular complexity index is 649. The number of nitro groups is 1. The van der Waals surface area contributed by atoms with Crippen LogP contribution >= 0.6 is 0 Å². The van der Waals surface area contributed by atoms with Crippen molar-refractivity contribution in [2.45, 2.75) is 29.8 Å². The third-order valence-electron chi connectivity index (χ3n) is 3.75. The number of hydrogen-bond acceptors (Lipinski definition) is 6. The SMILES string of the molecule is COC1(CNS(=O)(=O)c2cc(N)ccc2[N+](=O)[O-])CCC1. The number of sulfonamides is 1. The van der Waals surface area contributed by atoms with E-state index >= 15 is 0 Å². The normalized spacial score (nSPS) is 17.2. The van der Waals surface area contributed by atoms with E-state index in [2.05, 4.69) is 4.72 Å². The quantitative estimate of drug-likeness (QED) is 0.459. The van der Waals surface area contributed by atoms with Crippen LogP contribution in [0.5, 0.6) is 0 Å². The van der Waals surface area contributed by atoms with Gasteiger partial charge in [-0.2, -0.15) is 0 Å². The number of nitrogens with one attached hydrogen (secondary N) is 1. The lowest BCUT2D eigenvalue weighted by molar-refractivity contribution is -0.387. The molecule has 9 heteroatoms. The Labute approximate surface area is 122 Å². The summed E-state index contributed by atoms with van der Waals surface area (Å²) in [4.78, 5) is 9.77. The maximum atomic E-state index is 12.3. The lowest BCUT2D eigenvalue weighted by Gasteiger charge is -2.40. The number of methoxy groups -OCH3 is 1. The topological polar surface area (TPSA) is 125 Å². The molecule has 21 heavy (non-hydrogen) atoms. The van der Waals surface area contributed by atoms with E-state index in [0.717, 1.165) is 31.4 Å². The number of nitro benzene ring substituents is 1. The van der Waals surface area contributed by atoms with Crippen molar-refractivity contribution < 1.29 is 18.1 Å². The van der Waals surface area contributed by atoms with Crippen LogP contribution in [0.3, 0.4) is 0 Å². The first-order chi connectivity index (χ1) is 9.80. The van der Waals surface area contributed by atoms with Crippen molar-refractivity contribution in [3.63, 3.8) is 0 Å². The Morgan fingerprint density at radius 1 is 1.48 bits per heavy atom. The molecular weight excluding hydrogens is 298 g/mol. The first-order valence-electron chi connectivity index (χ1n) is 6.38. The molecule has 0 radical (unpaired) electrons. The third kappa shape index (κ3) is 3.14. The van der Waals surface area contributed by atoms with Crippen molar-refractivity contribution in [3.8, 4) is 0 Å². The summed E-state index contributed by atoms with van der Waals surface area (Å²) < 4.78 is 32.3. The number of nitrogens with two attached hydrogens (primary N) is 1. The number of hydrogen-bond donors (Lipinski definition) is 2. The Hall–Kier alpha value is -1.71. The van der Waals surface area contributed by atoms with Gasteiger partial charge in [0.2, 0.25) is 10.0 Å². The van der Waals surface area contributed by atoms with Crippen molar-refractivity contribution >= 4 is 21.4 Å². The molecule has 0 saturated heterocycles. The summed E-state index contributed by atoms with van der Waals surface area (Å²) in [6, 6.07) is 3.46. The maximum Gasteiger partial charge on any atom is 0.289 e. The van der Waals surface area contributed by atoms with Gasteiger partial charge in [-0.3, -0.25) is 10.1 Å². The average Bonchev–Trinajstić information content (AvgIpc) is 2.37. The number of rotatable bonds is 6. The summed E-state index contributed by atoms with van der Waals surface area (Å²) in [7, 11) is -2.51. The number of ether oxygens (including phenoxy) is 1. The Kier molecular flexibility index (Phi) is 4.17. The molecule has 2 rings (SSSR count). The zero-order chi connectivity index (χ0) is 15.7. The molecule has 1 aliphatic rings. The molecule has 0 heterocycles. The van der Waals surface area contributed by atoms with Crippen LogP contribution in [0.2, 0.25) is 0 Å². The van der Waals surface area contributed by atoms with Crippen molar-refractivity contribution in [3.05, 3.63) is 28.3 Å². The predicted octanol–water partition coefficient (Wildman–Crippen LogP) is 1.02. The monoisotopic (exact) mass is 315 g/mol. The number of benzene rings is 1. The van der Waals surface area contributed by atoms with Crippen molar-refractivity contribution in [1.82, 2.24) is 4.72 Å². The summed E-state index contributed by atoms with van der Waals surface area (Å²) in [6.07, 6.45) is 2.48. The molecule has 1 aromatic carbocycles. The predicted molar refractivity (Wildman–Crippen MR) is 76.3 cm³/mol. The van der Waals surface area contributed by atoms with Crippen LogP contribution in [0, 0.1) is 10.1 Å². The average molecular weight is 315 g/mol. The summed E-state index contributed by atoms with van der Waals surface area (Å²) in [6.45, 7) is 0.0811. The van der Waals surface area contributed by atoms with Crippen LogP contribution in [0.1, 0.15) is 19.3 Å². The molecule has 0 bridgehead atoms. The fourth-order valence-electron chi connectivity index (χ4n) is 2.23. The van der Waals surface area contributed by atoms with Gasteiger partial charge < -0.3 is 10.5 Å². The minimum Gasteiger partial charge on any atom is -0.399 e. The molecule has 1 aliphatic carbocycles. The molecule has 8 nitrogen and oxygen atoms in total. The molecule has 1 saturated carbocycles. The van der Waals surface area contributed by atoms with E-state index in [0.29, 0.717) is 0 Å². The number of nitrogen functional groups attached to an aromatic ring is 1. The number of nitrogens with zero attached hydrogens (tertiary/aromatic N) is 1. The van der Waals surface area contributed by atoms with E-state index in [1.165, 1.54) is 13.2 Å². The van der Waals surface area contributed by atoms with Gasteiger partial charge >= 0.3 is 0 Å². The van der Waals surface area contributed by atoms with Crippen LogP contribution in [-0.2, 0) is 14.8 Å². The zero-order valence-corrected chi connectivity index (χ0v) is 12.4. The van der Waals surface area contributed by atoms with Gasteiger partial charge in [-0.15, -0.1) is 0 Å². The van der Waals surface area contributed by atoms with Crippen LogP contribution in [0.25, 0.3) is 0 Å². The molecule has 0 unspecified atom stereocenters. The van der Waals surface area contributed by atoms with Gasteiger partial charge in [-0.25, -0.2) is 13.1 Å². The molecule has 0 aromatic heterocycles. The van der Waals surface area contributed by atoms with Gasteiger partial charge in [0.25, 0.3) is 5.69 Å². The summed E-state index contributed by atoms with van der Waals surface area (Å²) in [5.41, 5.74) is 4.66. The highest BCUT2D eigenvalue weighted by Gasteiger charge is 2.38. The van der Waals surface area contributed by atoms with Crippen molar-refractivity contribution in [1.29, 1.82) is 0 Å². The van der Waals surface area contributed by atoms with E-state index < -0.39 is 31.1 Å². The smallest absolute Gasteiger partial charge is 0.289 e. The van der Waals surface area contributed by atoms with Crippen molar-refractivity contribution in [2.75, 3.05) is 19.4 Å². The number of anilines is 1. The lowest BCUT2D eigenvalue weighted by Crippen LogP contribution is -2.49. The fraction of sp³-hybridized carbons (Fsp3) is 0.500. The minimum atomic E-state index is -4.03. The fourth-order valence-corrected chi connectivity index (χ4v) is 3.54. The maximum absolute atomic E-state index is 12.3. The Balaban J connectivity index is 2.27. The van der Waals surface area contributed by atoms with E-state index in [9.17, 15) is 18.5 Å². The summed E-state index contributed by atoms with van der Waals surface area (Å²) in [5, 5.41) is 11.0. The van der Waals surface area contributed by atoms with Gasteiger partial charge in [-0.1, -0.05) is 0 Å². The Morgan fingerprint density at radius 3 is 2.62 bits per heavy atom. The minimum absolute atomic E-state index is 0.0811. The van der Waals surface area contributed by atoms with Crippen LogP contribution < -0.4 is 10.5 Å². The second kappa shape index (κ2) is 5.58. The van der Waals surface area contributed by atoms with Gasteiger partial charge in [0.15, 0.2) is 4.90 Å². The van der Waals surface area contributed by atoms with Gasteiger partial charge in [0.1, 0.15) is 0 Å². The largest absolute Gasteiger partial charge is 0.399 e. The van der Waals surface area contributed by atoms with E-state index in [1.54, 1.807) is 0 Å². The molecule has 0 amide bonds. The van der Waals surface area contributed by atoms with Gasteiger partial charge in [0, 0.05) is 25.4 Å². The first-order valence-corrected chi connectivity index (χ1v) is 7.87. The van der Waals surface area contributed by atoms with Crippen LogP contribution in [0.15, 0.2) is 23.1 Å². The highest BCUT2D eigenvalue weighted by Crippen LogP contribution is 2.35. The van der Waals surface area contributed by atoms with Gasteiger partial charge in [-0.05, 0) is 31.4 Å². The molecule has 3 N–H and O–H groups in total. The van der Waals surface area contributed by atoms with Crippen LogP contribution in [-0.4, -0.2) is 32.6 Å². The molecule has 0 spiro atoms. The van der Waals surface area contributed by atoms with Crippen molar-refractivity contribution in [2.24, 2.45) is 0 Å². The van der Waals surface area contributed by atoms with E-state index in [-0.39, 0.29) is 12.2 Å². The van der Waals surface area contributed by atoms with E-state index in [4.69, 9.17) is 10.5 Å². The molecule has 1 fully saturated rings. The highest BCUT2D eigenvalue weighted by molar-refractivity contribution is 7.89. The standard InChI is InChI=1S/C12H17N3O5S/c1-20-12(5-2-6-12)8-14-21(18,19)11-7-9(13)3-4-10(11)15(16)17/h3-4,7,14H,2,5-6,8,13H2,1H3. The molecular formula is C12H17N3O5S. The second-order valence-corrected chi connectivity index (χ2v) is 6.78. The van der Waals surface area contributed by atoms with Gasteiger partial charge in [0.05, 0.1) is 10.5 Å². The summed E-state index contributed by atoms with van der Waals surface area (Å²) in [5.74, 6) is 0. The molecule has 0 atom stereocenters. The first kappa shape index (κ1) is 15.7. The zero-order valence-electron chi connectivity index (χ0n) is 11.5. The van der Waals surface area contributed by atoms with Crippen LogP contribution in [0.4, 0.5) is 11.4 Å². The second-order valence-electron chi connectivity index (χ2n) is 5.05. The summed E-state index contributed by atoms with van der Waals surface area (Å²) >= 11 is 0. The van der Waals surface area contributed by atoms with E-state index in [1.807, 2.05) is 0 Å². The highest BCUT2D eigenvalue weighted by atomic mass is 32.2. The molecule has 1 aromatic rings. The molecule has 0 aliphatic heterocycles. The lowest BCUT2D eigenvalue weighted by atomic mass is 9.80. The third-order valence-corrected chi connectivity index (χ3v) is 5.18. The molecule has 116 valence electrons.